The van der Waals surface area contributed by atoms with E-state index in [0.717, 1.165) is 49.2 Å². The third-order valence-electron chi connectivity index (χ3n) is 14.1. The van der Waals surface area contributed by atoms with Crippen molar-refractivity contribution in [1.82, 2.24) is 9.80 Å². The van der Waals surface area contributed by atoms with Crippen molar-refractivity contribution < 1.29 is 34.0 Å². The number of benzene rings is 2. The first-order chi connectivity index (χ1) is 23.1. The van der Waals surface area contributed by atoms with E-state index in [-0.39, 0.29) is 30.1 Å². The van der Waals surface area contributed by atoms with E-state index in [1.54, 1.807) is 26.4 Å². The molecule has 7 aliphatic heterocycles. The number of para-hydroxylation sites is 1. The summed E-state index contributed by atoms with van der Waals surface area (Å²) in [5, 5.41) is 24.9. The molecule has 48 heavy (non-hydrogen) atoms. The summed E-state index contributed by atoms with van der Waals surface area (Å²) >= 11 is 0. The lowest BCUT2D eigenvalue weighted by molar-refractivity contribution is -0.207. The zero-order valence-corrected chi connectivity index (χ0v) is 27.9. The van der Waals surface area contributed by atoms with Gasteiger partial charge in [0, 0.05) is 32.1 Å². The van der Waals surface area contributed by atoms with Crippen molar-refractivity contribution in [3.8, 4) is 17.2 Å². The summed E-state index contributed by atoms with van der Waals surface area (Å²) in [5.41, 5.74) is -1.08. The van der Waals surface area contributed by atoms with Crippen molar-refractivity contribution in [2.24, 2.45) is 5.41 Å². The van der Waals surface area contributed by atoms with E-state index in [4.69, 9.17) is 14.2 Å². The Morgan fingerprint density at radius 3 is 2.56 bits per heavy atom. The molecule has 5 saturated heterocycles. The van der Waals surface area contributed by atoms with Gasteiger partial charge in [-0.2, -0.15) is 0 Å². The molecule has 2 aromatic rings. The number of phenols is 1. The number of nitrogens with zero attached hydrogens (tertiary/aromatic N) is 4. The van der Waals surface area contributed by atoms with Gasteiger partial charge in [0.05, 0.1) is 60.3 Å². The standard InChI is InChI=1S/C37H42N4O7/c1-38-17-14-34(21-7-5-8-24(42)29(21)41-27(43)10-9-26(38)36(34,41)45)23-19-22-30(32(47-4)31(23)46-3)39(2)25-11-13-33-12-6-16-40-18-15-35(22,25)37(33,40)48-28(44)20-33/h5,7-8,11,13,19,25-26,42,45H,6,9-10,12,14-18,20H2,1-4H3/t25-,26-,33+,34+,35+,36+,37-/m0/s1. The number of carbonyl (C=O) groups excluding carboxylic acids is 2. The number of likely N-dealkylation sites (N-methyl/N-ethyl adjacent to an activating group) is 2. The van der Waals surface area contributed by atoms with Crippen molar-refractivity contribution in [2.75, 3.05) is 57.7 Å². The van der Waals surface area contributed by atoms with Crippen molar-refractivity contribution in [3.05, 3.63) is 53.1 Å². The Morgan fingerprint density at radius 1 is 0.958 bits per heavy atom. The lowest BCUT2D eigenvalue weighted by atomic mass is 9.52. The number of hydrogen-bond acceptors (Lipinski definition) is 10. The summed E-state index contributed by atoms with van der Waals surface area (Å²) in [6.45, 7) is 2.31. The first-order valence-electron chi connectivity index (χ1n) is 17.3. The second-order valence-electron chi connectivity index (χ2n) is 15.4. The van der Waals surface area contributed by atoms with E-state index >= 15 is 0 Å². The topological polar surface area (TPSA) is 115 Å². The van der Waals surface area contributed by atoms with Crippen LogP contribution in [0.1, 0.15) is 61.6 Å². The molecule has 0 aromatic heterocycles. The van der Waals surface area contributed by atoms with Crippen LogP contribution in [0.5, 0.6) is 17.2 Å². The minimum Gasteiger partial charge on any atom is -0.506 e. The maximum absolute atomic E-state index is 13.9. The van der Waals surface area contributed by atoms with E-state index < -0.39 is 33.7 Å². The molecule has 0 bridgehead atoms. The number of anilines is 2. The lowest BCUT2D eigenvalue weighted by Gasteiger charge is -2.59. The number of fused-ring (bicyclic) bond motifs is 4. The van der Waals surface area contributed by atoms with Gasteiger partial charge in [0.15, 0.2) is 22.9 Å². The van der Waals surface area contributed by atoms with Gasteiger partial charge in [0.25, 0.3) is 0 Å². The number of phenolic OH excluding ortho intramolecular Hbond substituents is 1. The number of likely N-dealkylation sites (tertiary alicyclic amines) is 1. The molecule has 1 aliphatic carbocycles. The summed E-state index contributed by atoms with van der Waals surface area (Å²) in [6.07, 6.45) is 8.80. The first kappa shape index (κ1) is 29.1. The van der Waals surface area contributed by atoms with Crippen molar-refractivity contribution in [3.63, 3.8) is 0 Å². The molecule has 5 fully saturated rings. The molecule has 0 saturated carbocycles. The van der Waals surface area contributed by atoms with Crippen LogP contribution in [0.2, 0.25) is 0 Å². The van der Waals surface area contributed by atoms with Crippen molar-refractivity contribution in [2.45, 2.75) is 79.3 Å². The average Bonchev–Trinajstić information content (AvgIpc) is 3.73. The minimum absolute atomic E-state index is 0.0376. The number of piperidine rings is 3. The van der Waals surface area contributed by atoms with Crippen LogP contribution in [0.15, 0.2) is 36.4 Å². The fourth-order valence-corrected chi connectivity index (χ4v) is 12.6. The number of carbonyl (C=O) groups is 2. The van der Waals surface area contributed by atoms with Crippen LogP contribution in [-0.2, 0) is 25.2 Å². The summed E-state index contributed by atoms with van der Waals surface area (Å²) in [7, 11) is 7.36. The highest BCUT2D eigenvalue weighted by atomic mass is 16.6. The predicted molar refractivity (Wildman–Crippen MR) is 175 cm³/mol. The molecule has 11 nitrogen and oxygen atoms in total. The van der Waals surface area contributed by atoms with Crippen LogP contribution in [0, 0.1) is 5.41 Å². The third kappa shape index (κ3) is 2.69. The van der Waals surface area contributed by atoms with Gasteiger partial charge in [-0.15, -0.1) is 0 Å². The highest BCUT2D eigenvalue weighted by Crippen LogP contribution is 2.74. The van der Waals surface area contributed by atoms with Gasteiger partial charge in [0.1, 0.15) is 5.75 Å². The van der Waals surface area contributed by atoms with Gasteiger partial charge in [-0.25, -0.2) is 0 Å². The van der Waals surface area contributed by atoms with Crippen LogP contribution in [-0.4, -0.2) is 103 Å². The summed E-state index contributed by atoms with van der Waals surface area (Å²) < 4.78 is 19.4. The van der Waals surface area contributed by atoms with E-state index in [0.29, 0.717) is 48.6 Å². The lowest BCUT2D eigenvalue weighted by Crippen LogP contribution is -2.75. The zero-order valence-electron chi connectivity index (χ0n) is 27.9. The van der Waals surface area contributed by atoms with Crippen LogP contribution in [0.3, 0.4) is 0 Å². The second-order valence-corrected chi connectivity index (χ2v) is 15.4. The van der Waals surface area contributed by atoms with Crippen LogP contribution in [0.25, 0.3) is 0 Å². The Hall–Kier alpha value is -3.80. The fourth-order valence-electron chi connectivity index (χ4n) is 12.6. The zero-order chi connectivity index (χ0) is 33.2. The number of esters is 1. The molecule has 7 heterocycles. The molecule has 8 aliphatic rings. The van der Waals surface area contributed by atoms with E-state index in [1.807, 2.05) is 13.1 Å². The van der Waals surface area contributed by atoms with Crippen LogP contribution < -0.4 is 19.3 Å². The molecule has 10 rings (SSSR count). The SMILES string of the molecule is COc1c([C@@]23CCN(C)[C@H]4CCC(=O)N(c5c(O)cccc52)[C@@]43O)cc2c(c1OC)N(C)[C@H]1C=C[C@@]34CCCN5CC[C@@]21[C@]53OC(=O)C4. The normalized spacial score (nSPS) is 40.2. The molecule has 2 spiro atoms. The second kappa shape index (κ2) is 8.86. The van der Waals surface area contributed by atoms with Gasteiger partial charge < -0.3 is 29.3 Å². The molecule has 11 heteroatoms. The maximum atomic E-state index is 13.9. The summed E-state index contributed by atoms with van der Waals surface area (Å²) in [4.78, 5) is 35.7. The largest absolute Gasteiger partial charge is 0.506 e. The van der Waals surface area contributed by atoms with Crippen molar-refractivity contribution in [1.29, 1.82) is 0 Å². The van der Waals surface area contributed by atoms with Gasteiger partial charge in [0.2, 0.25) is 5.91 Å². The van der Waals surface area contributed by atoms with Crippen LogP contribution in [0.4, 0.5) is 11.4 Å². The Kier molecular flexibility index (Phi) is 5.38. The monoisotopic (exact) mass is 654 g/mol. The number of amides is 1. The molecule has 2 aromatic carbocycles. The number of methoxy groups -OCH3 is 2. The quantitative estimate of drug-likeness (QED) is 0.378. The Balaban J connectivity index is 1.33. The van der Waals surface area contributed by atoms with Crippen molar-refractivity contribution >= 4 is 23.3 Å². The smallest absolute Gasteiger partial charge is 0.308 e. The number of aromatic hydroxyl groups is 1. The van der Waals surface area contributed by atoms with E-state index in [1.165, 1.54) is 4.90 Å². The molecule has 1 amide bonds. The number of ether oxygens (including phenoxy) is 3. The number of aliphatic hydroxyl groups is 1. The molecule has 2 N–H and O–H groups in total. The maximum Gasteiger partial charge on any atom is 0.308 e. The van der Waals surface area contributed by atoms with Gasteiger partial charge in [-0.3, -0.25) is 24.3 Å². The van der Waals surface area contributed by atoms with E-state index in [9.17, 15) is 19.8 Å². The highest BCUT2D eigenvalue weighted by molar-refractivity contribution is 6.02. The van der Waals surface area contributed by atoms with E-state index in [2.05, 4.69) is 40.0 Å². The Labute approximate surface area is 279 Å². The first-order valence-corrected chi connectivity index (χ1v) is 17.3. The molecule has 252 valence electrons. The Bertz CT molecular complexity index is 1880. The molecular weight excluding hydrogens is 612 g/mol. The molecular formula is C37H42N4O7. The van der Waals surface area contributed by atoms with Gasteiger partial charge in [-0.05, 0) is 69.0 Å². The van der Waals surface area contributed by atoms with Gasteiger partial charge in [-0.1, -0.05) is 24.3 Å². The third-order valence-corrected chi connectivity index (χ3v) is 14.1. The molecule has 0 unspecified atom stereocenters. The summed E-state index contributed by atoms with van der Waals surface area (Å²) in [6, 6.07) is 7.02. The predicted octanol–water partition coefficient (Wildman–Crippen LogP) is 2.98. The van der Waals surface area contributed by atoms with Crippen LogP contribution >= 0.6 is 0 Å². The molecule has 7 atom stereocenters. The van der Waals surface area contributed by atoms with Gasteiger partial charge >= 0.3 is 5.97 Å². The Morgan fingerprint density at radius 2 is 1.77 bits per heavy atom. The summed E-state index contributed by atoms with van der Waals surface area (Å²) in [5.74, 6) is 0.642. The number of rotatable bonds is 3. The minimum atomic E-state index is -1.72. The average molecular weight is 655 g/mol. The fraction of sp³-hybridized carbons (Fsp3) is 0.568. The highest BCUT2D eigenvalue weighted by Gasteiger charge is 2.81. The number of hydrogen-bond donors (Lipinski definition) is 2. The molecule has 0 radical (unpaired) electrons.